The minimum atomic E-state index is -2.79. The van der Waals surface area contributed by atoms with E-state index in [1.54, 1.807) is 0 Å². The summed E-state index contributed by atoms with van der Waals surface area (Å²) in [5, 5.41) is 7.90. The third-order valence-electron chi connectivity index (χ3n) is 14.2. The maximum absolute atomic E-state index is 5.79. The Morgan fingerprint density at radius 3 is 1.37 bits per heavy atom. The number of hydrogen-bond donors (Lipinski definition) is 0. The molecule has 2 fully saturated rings. The van der Waals surface area contributed by atoms with Crippen LogP contribution in [0.2, 0.25) is 0 Å². The van der Waals surface area contributed by atoms with Crippen LogP contribution in [0, 0.1) is 0 Å². The van der Waals surface area contributed by atoms with E-state index in [1.807, 2.05) is 0 Å². The molecular weight excluding hydrogens is 767 g/mol. The lowest BCUT2D eigenvalue weighted by molar-refractivity contribution is 0.436. The minimum Gasteiger partial charge on any atom is -0.294 e. The molecule has 0 N–H and O–H groups in total. The van der Waals surface area contributed by atoms with Crippen molar-refractivity contribution in [2.45, 2.75) is 76.0 Å². The summed E-state index contributed by atoms with van der Waals surface area (Å²) in [6.45, 7) is 0. The van der Waals surface area contributed by atoms with Gasteiger partial charge in [-0.2, -0.15) is 0 Å². The van der Waals surface area contributed by atoms with E-state index in [0.29, 0.717) is 11.8 Å². The van der Waals surface area contributed by atoms with Crippen LogP contribution in [0.5, 0.6) is 0 Å². The molecule has 62 heavy (non-hydrogen) atoms. The van der Waals surface area contributed by atoms with E-state index in [1.165, 1.54) is 112 Å². The van der Waals surface area contributed by atoms with Gasteiger partial charge in [0.05, 0.1) is 16.7 Å². The van der Waals surface area contributed by atoms with Crippen molar-refractivity contribution in [2.75, 3.05) is 0 Å². The van der Waals surface area contributed by atoms with Crippen LogP contribution >= 0.6 is 0 Å². The van der Waals surface area contributed by atoms with Gasteiger partial charge >= 0.3 is 0 Å². The van der Waals surface area contributed by atoms with Crippen molar-refractivity contribution < 1.29 is 0 Å². The standard InChI is InChI=1S/C58H53N3Si/c1-6-22-42(23-7-1)49-36-21-37-50(43-24-8-2-9-25-43)57(49)58-59-53(41-56(60-58)61-54-38-18-16-34-51(54)52-35-17-19-39-55(52)61)44-26-20-33-48(40-44)62(45-27-10-3-11-28-45,46-29-12-4-13-30-46)47-31-14-5-15-32-47/h3-5,10-21,26-43H,1-2,6-9,22-25H2. The van der Waals surface area contributed by atoms with Crippen molar-refractivity contribution in [1.29, 1.82) is 0 Å². The predicted octanol–water partition coefficient (Wildman–Crippen LogP) is 12.4. The second-order valence-electron chi connectivity index (χ2n) is 17.7. The molecule has 3 nitrogen and oxygen atoms in total. The fourth-order valence-corrected chi connectivity index (χ4v) is 16.1. The molecule has 0 atom stereocenters. The zero-order chi connectivity index (χ0) is 41.3. The number of para-hydroxylation sites is 2. The summed E-state index contributed by atoms with van der Waals surface area (Å²) >= 11 is 0. The van der Waals surface area contributed by atoms with Crippen LogP contribution in [0.25, 0.3) is 50.3 Å². The summed E-state index contributed by atoms with van der Waals surface area (Å²) in [4.78, 5) is 11.5. The van der Waals surface area contributed by atoms with Crippen LogP contribution in [-0.4, -0.2) is 22.6 Å². The normalized spacial score (nSPS) is 15.3. The maximum Gasteiger partial charge on any atom is 0.179 e. The second kappa shape index (κ2) is 16.8. The highest BCUT2D eigenvalue weighted by Gasteiger charge is 2.41. The Morgan fingerprint density at radius 2 is 0.855 bits per heavy atom. The first-order chi connectivity index (χ1) is 30.8. The van der Waals surface area contributed by atoms with Gasteiger partial charge in [0.25, 0.3) is 0 Å². The predicted molar refractivity (Wildman–Crippen MR) is 263 cm³/mol. The smallest absolute Gasteiger partial charge is 0.179 e. The van der Waals surface area contributed by atoms with Gasteiger partial charge in [0.1, 0.15) is 5.82 Å². The molecule has 2 aliphatic carbocycles. The first-order valence-corrected chi connectivity index (χ1v) is 25.1. The fraction of sp³-hybridized carbons (Fsp3) is 0.207. The van der Waals surface area contributed by atoms with E-state index in [-0.39, 0.29) is 0 Å². The maximum atomic E-state index is 5.79. The third-order valence-corrected chi connectivity index (χ3v) is 19.0. The number of rotatable bonds is 9. The highest BCUT2D eigenvalue weighted by Crippen LogP contribution is 2.45. The Bertz CT molecular complexity index is 2790. The fourth-order valence-electron chi connectivity index (χ4n) is 11.3. The zero-order valence-electron chi connectivity index (χ0n) is 35.5. The second-order valence-corrected chi connectivity index (χ2v) is 21.5. The molecule has 0 aliphatic heterocycles. The van der Waals surface area contributed by atoms with Gasteiger partial charge in [-0.1, -0.05) is 208 Å². The molecular formula is C58H53N3Si. The van der Waals surface area contributed by atoms with Crippen LogP contribution in [0.4, 0.5) is 0 Å². The Hall–Kier alpha value is -6.36. The van der Waals surface area contributed by atoms with Gasteiger partial charge in [0.15, 0.2) is 13.9 Å². The molecule has 304 valence electrons. The molecule has 2 aromatic heterocycles. The van der Waals surface area contributed by atoms with Gasteiger partial charge in [0, 0.05) is 28.0 Å². The molecule has 2 aliphatic rings. The van der Waals surface area contributed by atoms with Crippen molar-refractivity contribution in [1.82, 2.24) is 14.5 Å². The van der Waals surface area contributed by atoms with E-state index in [9.17, 15) is 0 Å². The van der Waals surface area contributed by atoms with E-state index in [2.05, 4.69) is 193 Å². The Labute approximate surface area is 367 Å². The molecule has 0 saturated heterocycles. The first-order valence-electron chi connectivity index (χ1n) is 23.1. The van der Waals surface area contributed by atoms with Gasteiger partial charge in [-0.05, 0) is 81.5 Å². The lowest BCUT2D eigenvalue weighted by atomic mass is 9.76. The van der Waals surface area contributed by atoms with Crippen molar-refractivity contribution in [3.8, 4) is 28.5 Å². The van der Waals surface area contributed by atoms with Crippen LogP contribution in [-0.2, 0) is 0 Å². The summed E-state index contributed by atoms with van der Waals surface area (Å²) in [5.74, 6) is 2.82. The average Bonchev–Trinajstić information content (AvgIpc) is 3.70. The lowest BCUT2D eigenvalue weighted by Gasteiger charge is -2.34. The summed E-state index contributed by atoms with van der Waals surface area (Å²) in [5.41, 5.74) is 8.60. The number of hydrogen-bond acceptors (Lipinski definition) is 2. The Kier molecular flexibility index (Phi) is 10.5. The molecule has 7 aromatic carbocycles. The molecule has 0 spiro atoms. The van der Waals surface area contributed by atoms with Gasteiger partial charge in [-0.25, -0.2) is 9.97 Å². The summed E-state index contributed by atoms with van der Waals surface area (Å²) in [6, 6.07) is 70.2. The molecule has 9 aromatic rings. The molecule has 0 amide bonds. The SMILES string of the molecule is c1ccc([Si](c2ccccc2)(c2ccccc2)c2cccc(-c3cc(-n4c5ccccc5c5ccccc54)nc(-c4c(C5CCCCC5)cccc4C4CCCCC4)n3)c2)cc1. The quantitative estimate of drug-likeness (QED) is 0.107. The van der Waals surface area contributed by atoms with Crippen LogP contribution in [0.15, 0.2) is 188 Å². The third kappa shape index (κ3) is 6.82. The first kappa shape index (κ1) is 38.6. The Balaban J connectivity index is 1.20. The summed E-state index contributed by atoms with van der Waals surface area (Å²) in [7, 11) is -2.79. The van der Waals surface area contributed by atoms with E-state index < -0.39 is 8.07 Å². The molecule has 0 unspecified atom stereocenters. The highest BCUT2D eigenvalue weighted by atomic mass is 28.3. The number of aromatic nitrogens is 3. The van der Waals surface area contributed by atoms with Gasteiger partial charge in [-0.3, -0.25) is 4.57 Å². The topological polar surface area (TPSA) is 30.7 Å². The molecule has 11 rings (SSSR count). The number of benzene rings is 7. The summed E-state index contributed by atoms with van der Waals surface area (Å²) < 4.78 is 2.39. The monoisotopic (exact) mass is 819 g/mol. The molecule has 2 saturated carbocycles. The van der Waals surface area contributed by atoms with Crippen LogP contribution in [0.3, 0.4) is 0 Å². The van der Waals surface area contributed by atoms with Crippen molar-refractivity contribution in [3.63, 3.8) is 0 Å². The molecule has 0 bridgehead atoms. The van der Waals surface area contributed by atoms with Gasteiger partial charge in [0.2, 0.25) is 0 Å². The van der Waals surface area contributed by atoms with E-state index in [4.69, 9.17) is 9.97 Å². The molecule has 0 radical (unpaired) electrons. The number of nitrogens with zero attached hydrogens (tertiary/aromatic N) is 3. The van der Waals surface area contributed by atoms with E-state index in [0.717, 1.165) is 33.9 Å². The van der Waals surface area contributed by atoms with Gasteiger partial charge in [-0.15, -0.1) is 0 Å². The van der Waals surface area contributed by atoms with Crippen LogP contribution < -0.4 is 20.7 Å². The summed E-state index contributed by atoms with van der Waals surface area (Å²) in [6.07, 6.45) is 12.7. The molecule has 2 heterocycles. The number of fused-ring (bicyclic) bond motifs is 3. The zero-order valence-corrected chi connectivity index (χ0v) is 36.5. The Morgan fingerprint density at radius 1 is 0.403 bits per heavy atom. The highest BCUT2D eigenvalue weighted by molar-refractivity contribution is 7.19. The minimum absolute atomic E-state index is 0.517. The largest absolute Gasteiger partial charge is 0.294 e. The molecule has 4 heteroatoms. The lowest BCUT2D eigenvalue weighted by Crippen LogP contribution is -2.74. The van der Waals surface area contributed by atoms with Crippen molar-refractivity contribution in [3.05, 3.63) is 199 Å². The average molecular weight is 820 g/mol. The van der Waals surface area contributed by atoms with Crippen molar-refractivity contribution >= 4 is 50.6 Å². The van der Waals surface area contributed by atoms with Crippen LogP contribution in [0.1, 0.15) is 87.2 Å². The van der Waals surface area contributed by atoms with Crippen molar-refractivity contribution in [2.24, 2.45) is 0 Å². The van der Waals surface area contributed by atoms with E-state index >= 15 is 0 Å². The van der Waals surface area contributed by atoms with Gasteiger partial charge < -0.3 is 0 Å².